The van der Waals surface area contributed by atoms with Crippen molar-refractivity contribution >= 4 is 12.0 Å². The molecule has 1 N–H and O–H groups in total. The summed E-state index contributed by atoms with van der Waals surface area (Å²) in [5.41, 5.74) is 2.67. The zero-order chi connectivity index (χ0) is 15.8. The first-order chi connectivity index (χ1) is 10.6. The molecule has 2 rings (SSSR count). The molecule has 0 aliphatic carbocycles. The fraction of sp³-hybridized carbons (Fsp3) is 0.211. The number of hydrogen-bond donors (Lipinski definition) is 1. The summed E-state index contributed by atoms with van der Waals surface area (Å²) in [4.78, 5) is 11.8. The van der Waals surface area contributed by atoms with Gasteiger partial charge in [0, 0.05) is 0 Å². The summed E-state index contributed by atoms with van der Waals surface area (Å²) in [6, 6.07) is 19.2. The van der Waals surface area contributed by atoms with Crippen LogP contribution < -0.4 is 0 Å². The second-order valence-corrected chi connectivity index (χ2v) is 5.17. The molecule has 0 fully saturated rings. The van der Waals surface area contributed by atoms with Gasteiger partial charge in [0.2, 0.25) is 0 Å². The highest BCUT2D eigenvalue weighted by Crippen LogP contribution is 2.13. The fourth-order valence-electron chi connectivity index (χ4n) is 2.02. The van der Waals surface area contributed by atoms with Crippen LogP contribution in [0.4, 0.5) is 0 Å². The maximum Gasteiger partial charge on any atom is 0.309 e. The highest BCUT2D eigenvalue weighted by molar-refractivity contribution is 5.71. The minimum absolute atomic E-state index is 0.0397. The summed E-state index contributed by atoms with van der Waals surface area (Å²) < 4.78 is 5.17. The number of hydrogen-bond acceptors (Lipinski definition) is 3. The van der Waals surface area contributed by atoms with Crippen LogP contribution in [-0.2, 0) is 16.1 Å². The predicted octanol–water partition coefficient (Wildman–Crippen LogP) is 3.58. The van der Waals surface area contributed by atoms with Gasteiger partial charge in [-0.1, -0.05) is 66.7 Å². The molecule has 114 valence electrons. The topological polar surface area (TPSA) is 46.5 Å². The van der Waals surface area contributed by atoms with E-state index in [2.05, 4.69) is 0 Å². The van der Waals surface area contributed by atoms with Crippen LogP contribution in [0.2, 0.25) is 0 Å². The average Bonchev–Trinajstić information content (AvgIpc) is 2.55. The SMILES string of the molecule is C/C(=C/c1ccccc1)C(O)CC(=O)OCc1ccccc1. The molecule has 1 unspecified atom stereocenters. The molecule has 1 atom stereocenters. The quantitative estimate of drug-likeness (QED) is 0.829. The van der Waals surface area contributed by atoms with E-state index in [1.807, 2.05) is 73.7 Å². The molecule has 3 nitrogen and oxygen atoms in total. The van der Waals surface area contributed by atoms with Crippen LogP contribution in [0.1, 0.15) is 24.5 Å². The number of carbonyl (C=O) groups excluding carboxylic acids is 1. The van der Waals surface area contributed by atoms with Crippen LogP contribution >= 0.6 is 0 Å². The van der Waals surface area contributed by atoms with Crippen LogP contribution in [0, 0.1) is 0 Å². The van der Waals surface area contributed by atoms with Crippen molar-refractivity contribution in [3.05, 3.63) is 77.4 Å². The minimum Gasteiger partial charge on any atom is -0.461 e. The van der Waals surface area contributed by atoms with Gasteiger partial charge in [0.25, 0.3) is 0 Å². The van der Waals surface area contributed by atoms with Gasteiger partial charge in [-0.25, -0.2) is 0 Å². The molecule has 3 heteroatoms. The average molecular weight is 296 g/mol. The summed E-state index contributed by atoms with van der Waals surface area (Å²) in [6.45, 7) is 2.04. The lowest BCUT2D eigenvalue weighted by Gasteiger charge is -2.11. The molecular formula is C19H20O3. The lowest BCUT2D eigenvalue weighted by Crippen LogP contribution is -2.16. The molecule has 0 saturated carbocycles. The Morgan fingerprint density at radius 3 is 2.32 bits per heavy atom. The van der Waals surface area contributed by atoms with Crippen LogP contribution in [0.5, 0.6) is 0 Å². The maximum atomic E-state index is 11.8. The van der Waals surface area contributed by atoms with Crippen LogP contribution in [0.25, 0.3) is 6.08 Å². The molecule has 0 heterocycles. The van der Waals surface area contributed by atoms with Crippen molar-refractivity contribution in [2.45, 2.75) is 26.1 Å². The lowest BCUT2D eigenvalue weighted by atomic mass is 10.1. The zero-order valence-corrected chi connectivity index (χ0v) is 12.6. The molecule has 0 amide bonds. The monoisotopic (exact) mass is 296 g/mol. The van der Waals surface area contributed by atoms with E-state index in [1.165, 1.54) is 0 Å². The Labute approximate surface area is 130 Å². The fourth-order valence-corrected chi connectivity index (χ4v) is 2.02. The molecule has 0 aliphatic heterocycles. The number of ether oxygens (including phenoxy) is 1. The van der Waals surface area contributed by atoms with E-state index in [1.54, 1.807) is 0 Å². The van der Waals surface area contributed by atoms with Crippen LogP contribution in [0.15, 0.2) is 66.2 Å². The van der Waals surface area contributed by atoms with Gasteiger partial charge in [-0.3, -0.25) is 4.79 Å². The van der Waals surface area contributed by atoms with Gasteiger partial charge in [-0.15, -0.1) is 0 Å². The van der Waals surface area contributed by atoms with Crippen molar-refractivity contribution in [1.29, 1.82) is 0 Å². The van der Waals surface area contributed by atoms with Crippen molar-refractivity contribution in [3.63, 3.8) is 0 Å². The second-order valence-electron chi connectivity index (χ2n) is 5.17. The third-order valence-corrected chi connectivity index (χ3v) is 3.32. The molecule has 0 spiro atoms. The van der Waals surface area contributed by atoms with E-state index in [4.69, 9.17) is 4.74 Å². The van der Waals surface area contributed by atoms with Gasteiger partial charge in [0.05, 0.1) is 12.5 Å². The van der Waals surface area contributed by atoms with E-state index in [0.717, 1.165) is 16.7 Å². The van der Waals surface area contributed by atoms with Gasteiger partial charge in [0.15, 0.2) is 0 Å². The summed E-state index contributed by atoms with van der Waals surface area (Å²) >= 11 is 0. The van der Waals surface area contributed by atoms with Gasteiger partial charge < -0.3 is 9.84 Å². The third kappa shape index (κ3) is 5.19. The molecular weight excluding hydrogens is 276 g/mol. The first-order valence-electron chi connectivity index (χ1n) is 7.26. The zero-order valence-electron chi connectivity index (χ0n) is 12.6. The number of aliphatic hydroxyl groups is 1. The van der Waals surface area contributed by atoms with Crippen molar-refractivity contribution in [3.8, 4) is 0 Å². The van der Waals surface area contributed by atoms with E-state index in [0.29, 0.717) is 0 Å². The summed E-state index contributed by atoms with van der Waals surface area (Å²) in [7, 11) is 0. The summed E-state index contributed by atoms with van der Waals surface area (Å²) in [6.07, 6.45) is 1.00. The van der Waals surface area contributed by atoms with E-state index in [9.17, 15) is 9.90 Å². The van der Waals surface area contributed by atoms with Crippen molar-refractivity contribution in [2.24, 2.45) is 0 Å². The molecule has 2 aromatic rings. The Bertz CT molecular complexity index is 618. The van der Waals surface area contributed by atoms with Crippen LogP contribution in [0.3, 0.4) is 0 Å². The van der Waals surface area contributed by atoms with E-state index >= 15 is 0 Å². The normalized spacial score (nSPS) is 12.7. The van der Waals surface area contributed by atoms with Gasteiger partial charge in [-0.05, 0) is 23.6 Å². The van der Waals surface area contributed by atoms with Gasteiger partial charge in [0.1, 0.15) is 6.61 Å². The smallest absolute Gasteiger partial charge is 0.309 e. The first-order valence-corrected chi connectivity index (χ1v) is 7.26. The van der Waals surface area contributed by atoms with E-state index in [-0.39, 0.29) is 13.0 Å². The van der Waals surface area contributed by atoms with Gasteiger partial charge in [-0.2, -0.15) is 0 Å². The predicted molar refractivity (Wildman–Crippen MR) is 87.0 cm³/mol. The lowest BCUT2D eigenvalue weighted by molar-refractivity contribution is -0.146. The number of aliphatic hydroxyl groups excluding tert-OH is 1. The first kappa shape index (κ1) is 16.0. The van der Waals surface area contributed by atoms with Crippen LogP contribution in [-0.4, -0.2) is 17.2 Å². The summed E-state index contributed by atoms with van der Waals surface area (Å²) in [5, 5.41) is 10.1. The molecule has 0 aromatic heterocycles. The number of esters is 1. The third-order valence-electron chi connectivity index (χ3n) is 3.32. The highest BCUT2D eigenvalue weighted by atomic mass is 16.5. The highest BCUT2D eigenvalue weighted by Gasteiger charge is 2.13. The Balaban J connectivity index is 1.84. The van der Waals surface area contributed by atoms with Gasteiger partial charge >= 0.3 is 5.97 Å². The molecule has 0 bridgehead atoms. The molecule has 0 saturated heterocycles. The largest absolute Gasteiger partial charge is 0.461 e. The Morgan fingerprint density at radius 1 is 1.09 bits per heavy atom. The molecule has 2 aromatic carbocycles. The number of rotatable bonds is 6. The number of carbonyl (C=O) groups is 1. The second kappa shape index (κ2) is 8.15. The Kier molecular flexibility index (Phi) is 5.92. The Hall–Kier alpha value is -2.39. The van der Waals surface area contributed by atoms with Crippen molar-refractivity contribution < 1.29 is 14.6 Å². The minimum atomic E-state index is -0.830. The van der Waals surface area contributed by atoms with E-state index < -0.39 is 12.1 Å². The standard InChI is InChI=1S/C19H20O3/c1-15(12-16-8-4-2-5-9-16)18(20)13-19(21)22-14-17-10-6-3-7-11-17/h2-12,18,20H,13-14H2,1H3/b15-12-. The molecule has 22 heavy (non-hydrogen) atoms. The number of benzene rings is 2. The maximum absolute atomic E-state index is 11.8. The van der Waals surface area contributed by atoms with Crippen molar-refractivity contribution in [1.82, 2.24) is 0 Å². The Morgan fingerprint density at radius 2 is 1.68 bits per heavy atom. The van der Waals surface area contributed by atoms with Crippen molar-refractivity contribution in [2.75, 3.05) is 0 Å². The molecule has 0 aliphatic rings. The molecule has 0 radical (unpaired) electrons. The summed E-state index contributed by atoms with van der Waals surface area (Å²) in [5.74, 6) is -0.405.